The molecule has 0 saturated carbocycles. The topological polar surface area (TPSA) is 37.8 Å². The van der Waals surface area contributed by atoms with Crippen LogP contribution in [-0.4, -0.2) is 16.0 Å². The molecule has 0 spiro atoms. The first kappa shape index (κ1) is 12.5. The first-order valence-electron chi connectivity index (χ1n) is 5.07. The van der Waals surface area contributed by atoms with E-state index in [1.165, 1.54) is 6.07 Å². The minimum absolute atomic E-state index is 0.0256. The maximum atomic E-state index is 13.7. The van der Waals surface area contributed by atoms with Gasteiger partial charge in [0.05, 0.1) is 5.39 Å². The molecule has 1 N–H and O–H groups in total. The molecule has 0 atom stereocenters. The summed E-state index contributed by atoms with van der Waals surface area (Å²) in [5.41, 5.74) is 0.211. The Balaban J connectivity index is 2.77. The number of hydrogen-bond donors (Lipinski definition) is 1. The fraction of sp³-hybridized carbons (Fsp3) is 0.273. The van der Waals surface area contributed by atoms with E-state index in [-0.39, 0.29) is 16.8 Å². The molecule has 0 radical (unpaired) electrons. The highest BCUT2D eigenvalue weighted by Gasteiger charge is 2.14. The van der Waals surface area contributed by atoms with Gasteiger partial charge in [0.25, 0.3) is 0 Å². The minimum Gasteiger partial charge on any atom is -0.367 e. The van der Waals surface area contributed by atoms with E-state index < -0.39 is 5.82 Å². The smallest absolute Gasteiger partial charge is 0.225 e. The van der Waals surface area contributed by atoms with E-state index in [2.05, 4.69) is 31.2 Å². The van der Waals surface area contributed by atoms with E-state index in [0.29, 0.717) is 11.2 Å². The van der Waals surface area contributed by atoms with Crippen molar-refractivity contribution in [3.8, 4) is 0 Å². The van der Waals surface area contributed by atoms with Crippen LogP contribution in [0.15, 0.2) is 16.6 Å². The van der Waals surface area contributed by atoms with E-state index in [0.717, 1.165) is 4.47 Å². The zero-order valence-corrected chi connectivity index (χ0v) is 11.6. The Morgan fingerprint density at radius 3 is 2.71 bits per heavy atom. The Hall–Kier alpha value is -0.940. The Morgan fingerprint density at radius 2 is 2.06 bits per heavy atom. The third-order valence-corrected chi connectivity index (χ3v) is 2.98. The van der Waals surface area contributed by atoms with Gasteiger partial charge in [-0.1, -0.05) is 0 Å². The second-order valence-corrected chi connectivity index (χ2v) is 5.09. The molecule has 1 aromatic carbocycles. The molecule has 2 aromatic rings. The van der Waals surface area contributed by atoms with Gasteiger partial charge in [-0.05, 0) is 53.5 Å². The second kappa shape index (κ2) is 4.74. The quantitative estimate of drug-likeness (QED) is 0.850. The lowest BCUT2D eigenvalue weighted by Crippen LogP contribution is -2.12. The van der Waals surface area contributed by atoms with E-state index in [4.69, 9.17) is 11.6 Å². The average molecular weight is 319 g/mol. The monoisotopic (exact) mass is 317 g/mol. The number of hydrogen-bond acceptors (Lipinski definition) is 3. The molecule has 0 aliphatic heterocycles. The average Bonchev–Trinajstić information content (AvgIpc) is 2.22. The van der Waals surface area contributed by atoms with Crippen molar-refractivity contribution in [2.75, 3.05) is 5.32 Å². The van der Waals surface area contributed by atoms with Crippen molar-refractivity contribution in [2.45, 2.75) is 19.9 Å². The van der Waals surface area contributed by atoms with Crippen molar-refractivity contribution in [3.63, 3.8) is 0 Å². The van der Waals surface area contributed by atoms with Gasteiger partial charge >= 0.3 is 0 Å². The number of aromatic nitrogens is 2. The van der Waals surface area contributed by atoms with Crippen molar-refractivity contribution < 1.29 is 4.39 Å². The fourth-order valence-corrected chi connectivity index (χ4v) is 2.20. The summed E-state index contributed by atoms with van der Waals surface area (Å²) in [6, 6.07) is 3.13. The summed E-state index contributed by atoms with van der Waals surface area (Å²) in [7, 11) is 0. The summed E-state index contributed by atoms with van der Waals surface area (Å²) in [6.45, 7) is 3.93. The van der Waals surface area contributed by atoms with Gasteiger partial charge in [0.15, 0.2) is 0 Å². The van der Waals surface area contributed by atoms with E-state index in [1.807, 2.05) is 13.8 Å². The number of halogens is 3. The molecular weight excluding hydrogens is 308 g/mol. The van der Waals surface area contributed by atoms with Crippen molar-refractivity contribution in [2.24, 2.45) is 0 Å². The normalized spacial score (nSPS) is 11.2. The Labute approximate surface area is 112 Å². The summed E-state index contributed by atoms with van der Waals surface area (Å²) in [5, 5.41) is 3.75. The van der Waals surface area contributed by atoms with Crippen molar-refractivity contribution in [1.82, 2.24) is 9.97 Å². The van der Waals surface area contributed by atoms with Gasteiger partial charge in [0, 0.05) is 10.5 Å². The molecule has 0 aliphatic carbocycles. The van der Waals surface area contributed by atoms with E-state index >= 15 is 0 Å². The van der Waals surface area contributed by atoms with Gasteiger partial charge < -0.3 is 5.32 Å². The van der Waals surface area contributed by atoms with Crippen molar-refractivity contribution >= 4 is 44.3 Å². The van der Waals surface area contributed by atoms with Crippen LogP contribution in [0, 0.1) is 5.82 Å². The lowest BCUT2D eigenvalue weighted by molar-refractivity contribution is 0.636. The summed E-state index contributed by atoms with van der Waals surface area (Å²) in [5.74, 6) is 0.112. The first-order valence-corrected chi connectivity index (χ1v) is 6.24. The highest BCUT2D eigenvalue weighted by atomic mass is 79.9. The lowest BCUT2D eigenvalue weighted by Gasteiger charge is -2.13. The summed E-state index contributed by atoms with van der Waals surface area (Å²) < 4.78 is 14.4. The van der Waals surface area contributed by atoms with Crippen LogP contribution in [0.5, 0.6) is 0 Å². The molecule has 6 heteroatoms. The van der Waals surface area contributed by atoms with Gasteiger partial charge in [-0.15, -0.1) is 0 Å². The third-order valence-electron chi connectivity index (χ3n) is 2.15. The molecule has 0 amide bonds. The predicted molar refractivity (Wildman–Crippen MR) is 71.0 cm³/mol. The highest BCUT2D eigenvalue weighted by molar-refractivity contribution is 9.10. The molecular formula is C11H10BrClFN3. The Kier molecular flexibility index (Phi) is 3.49. The standard InChI is InChI=1S/C11H10BrClFN3/c1-5(2)15-10-8-6(12)3-4-7(14)9(8)16-11(13)17-10/h3-5H,1-2H3,(H,15,16,17). The summed E-state index contributed by atoms with van der Waals surface area (Å²) in [4.78, 5) is 8.00. The molecule has 0 aliphatic rings. The molecule has 90 valence electrons. The number of fused-ring (bicyclic) bond motifs is 1. The molecule has 0 bridgehead atoms. The van der Waals surface area contributed by atoms with Gasteiger partial charge in [-0.3, -0.25) is 0 Å². The molecule has 1 heterocycles. The van der Waals surface area contributed by atoms with Crippen LogP contribution in [0.25, 0.3) is 10.9 Å². The molecule has 0 saturated heterocycles. The zero-order chi connectivity index (χ0) is 12.6. The second-order valence-electron chi connectivity index (χ2n) is 3.89. The van der Waals surface area contributed by atoms with Crippen molar-refractivity contribution in [1.29, 1.82) is 0 Å². The maximum absolute atomic E-state index is 13.7. The third kappa shape index (κ3) is 2.50. The SMILES string of the molecule is CC(C)Nc1nc(Cl)nc2c(F)ccc(Br)c12. The van der Waals surface area contributed by atoms with Crippen LogP contribution in [0.1, 0.15) is 13.8 Å². The van der Waals surface area contributed by atoms with Crippen LogP contribution >= 0.6 is 27.5 Å². The fourth-order valence-electron chi connectivity index (χ4n) is 1.52. The molecule has 0 unspecified atom stereocenters. The van der Waals surface area contributed by atoms with Gasteiger partial charge in [-0.2, -0.15) is 0 Å². The Bertz CT molecular complexity index is 574. The number of nitrogens with zero attached hydrogens (tertiary/aromatic N) is 2. The van der Waals surface area contributed by atoms with Gasteiger partial charge in [0.2, 0.25) is 5.28 Å². The predicted octanol–water partition coefficient (Wildman–Crippen LogP) is 4.01. The number of benzene rings is 1. The van der Waals surface area contributed by atoms with E-state index in [1.54, 1.807) is 6.07 Å². The van der Waals surface area contributed by atoms with E-state index in [9.17, 15) is 4.39 Å². The minimum atomic E-state index is -0.417. The van der Waals surface area contributed by atoms with Crippen molar-refractivity contribution in [3.05, 3.63) is 27.7 Å². The summed E-state index contributed by atoms with van der Waals surface area (Å²) >= 11 is 9.15. The van der Waals surface area contributed by atoms with Gasteiger partial charge in [-0.25, -0.2) is 14.4 Å². The zero-order valence-electron chi connectivity index (χ0n) is 9.26. The first-order chi connectivity index (χ1) is 7.99. The number of rotatable bonds is 2. The summed E-state index contributed by atoms with van der Waals surface area (Å²) in [6.07, 6.45) is 0. The number of nitrogens with one attached hydrogen (secondary N) is 1. The van der Waals surface area contributed by atoms with Gasteiger partial charge in [0.1, 0.15) is 17.2 Å². The largest absolute Gasteiger partial charge is 0.367 e. The molecule has 2 rings (SSSR count). The van der Waals surface area contributed by atoms with Crippen LogP contribution in [0.3, 0.4) is 0 Å². The van der Waals surface area contributed by atoms with Crippen LogP contribution in [0.4, 0.5) is 10.2 Å². The Morgan fingerprint density at radius 1 is 1.35 bits per heavy atom. The molecule has 3 nitrogen and oxygen atoms in total. The van der Waals surface area contributed by atoms with Crippen LogP contribution < -0.4 is 5.32 Å². The highest BCUT2D eigenvalue weighted by Crippen LogP contribution is 2.31. The molecule has 1 aromatic heterocycles. The van der Waals surface area contributed by atoms with Crippen LogP contribution in [-0.2, 0) is 0 Å². The lowest BCUT2D eigenvalue weighted by atomic mass is 10.2. The van der Waals surface area contributed by atoms with Crippen LogP contribution in [0.2, 0.25) is 5.28 Å². The number of anilines is 1. The molecule has 17 heavy (non-hydrogen) atoms. The molecule has 0 fully saturated rings. The maximum Gasteiger partial charge on any atom is 0.225 e.